The number of rotatable bonds is 2. The summed E-state index contributed by atoms with van der Waals surface area (Å²) in [6.07, 6.45) is 5.57. The van der Waals surface area contributed by atoms with E-state index in [0.29, 0.717) is 25.3 Å². The molecule has 0 aliphatic carbocycles. The van der Waals surface area contributed by atoms with E-state index >= 15 is 0 Å². The summed E-state index contributed by atoms with van der Waals surface area (Å²) in [5.74, 6) is 1.56. The Balaban J connectivity index is 1.90. The van der Waals surface area contributed by atoms with Gasteiger partial charge in [-0.3, -0.25) is 4.40 Å². The normalized spacial score (nSPS) is 18.1. The lowest BCUT2D eigenvalue weighted by molar-refractivity contribution is 0.437. The first-order chi connectivity index (χ1) is 9.97. The van der Waals surface area contributed by atoms with Gasteiger partial charge in [-0.15, -0.1) is 10.2 Å². The quantitative estimate of drug-likeness (QED) is 0.770. The van der Waals surface area contributed by atoms with Gasteiger partial charge < -0.3 is 4.90 Å². The molecular weight excluding hydrogens is 292 g/mol. The third-order valence-corrected chi connectivity index (χ3v) is 5.01. The summed E-state index contributed by atoms with van der Waals surface area (Å²) in [4.78, 5) is 6.49. The molecule has 3 rings (SSSR count). The maximum atomic E-state index is 11.7. The summed E-state index contributed by atoms with van der Waals surface area (Å²) in [5.41, 5.74) is 0.711. The van der Waals surface area contributed by atoms with Gasteiger partial charge in [-0.25, -0.2) is 17.7 Å². The molecule has 114 valence electrons. The number of anilines is 1. The van der Waals surface area contributed by atoms with E-state index in [1.54, 1.807) is 6.20 Å². The van der Waals surface area contributed by atoms with E-state index in [4.69, 9.17) is 0 Å². The Morgan fingerprint density at radius 2 is 1.95 bits per heavy atom. The van der Waals surface area contributed by atoms with E-state index in [9.17, 15) is 8.42 Å². The zero-order chi connectivity index (χ0) is 15.0. The lowest BCUT2D eigenvalue weighted by atomic mass is 10.4. The van der Waals surface area contributed by atoms with Crippen LogP contribution in [0, 0.1) is 6.92 Å². The number of hydrogen-bond donors (Lipinski definition) is 0. The number of nitrogens with zero attached hydrogens (tertiary/aromatic N) is 6. The third kappa shape index (κ3) is 2.70. The molecule has 1 aliphatic heterocycles. The first kappa shape index (κ1) is 14.2. The average Bonchev–Trinajstić information content (AvgIpc) is 2.67. The van der Waals surface area contributed by atoms with Gasteiger partial charge in [-0.1, -0.05) is 0 Å². The molecule has 3 heterocycles. The van der Waals surface area contributed by atoms with E-state index in [0.717, 1.165) is 24.6 Å². The van der Waals surface area contributed by atoms with Gasteiger partial charge in [0.15, 0.2) is 5.82 Å². The van der Waals surface area contributed by atoms with E-state index in [2.05, 4.69) is 20.1 Å². The van der Waals surface area contributed by atoms with Crippen LogP contribution in [0.5, 0.6) is 0 Å². The molecule has 0 amide bonds. The Labute approximate surface area is 123 Å². The van der Waals surface area contributed by atoms with Crippen molar-refractivity contribution in [3.8, 4) is 0 Å². The predicted molar refractivity (Wildman–Crippen MR) is 78.8 cm³/mol. The van der Waals surface area contributed by atoms with Gasteiger partial charge in [0.2, 0.25) is 15.7 Å². The Kier molecular flexibility index (Phi) is 3.54. The Bertz CT molecular complexity index is 756. The molecule has 0 saturated carbocycles. The minimum atomic E-state index is -3.14. The van der Waals surface area contributed by atoms with Crippen LogP contribution in [0.25, 0.3) is 5.65 Å². The summed E-state index contributed by atoms with van der Waals surface area (Å²) < 4.78 is 26.7. The molecule has 0 spiro atoms. The third-order valence-electron chi connectivity index (χ3n) is 3.70. The van der Waals surface area contributed by atoms with Crippen molar-refractivity contribution in [1.82, 2.24) is 23.9 Å². The van der Waals surface area contributed by atoms with Crippen LogP contribution in [0.4, 0.5) is 5.82 Å². The maximum absolute atomic E-state index is 11.7. The molecule has 0 bridgehead atoms. The lowest BCUT2D eigenvalue weighted by Crippen LogP contribution is -2.34. The fraction of sp³-hybridized carbons (Fsp3) is 0.583. The van der Waals surface area contributed by atoms with Crippen LogP contribution < -0.4 is 4.90 Å². The van der Waals surface area contributed by atoms with Crippen molar-refractivity contribution < 1.29 is 8.42 Å². The average molecular weight is 310 g/mol. The molecule has 1 aliphatic rings. The molecular formula is C12H18N6O2S. The van der Waals surface area contributed by atoms with Crippen molar-refractivity contribution in [3.05, 3.63) is 18.2 Å². The highest BCUT2D eigenvalue weighted by Gasteiger charge is 2.23. The summed E-state index contributed by atoms with van der Waals surface area (Å²) in [6, 6.07) is 0. The Morgan fingerprint density at radius 1 is 1.14 bits per heavy atom. The van der Waals surface area contributed by atoms with E-state index in [1.807, 2.05) is 17.5 Å². The van der Waals surface area contributed by atoms with Crippen LogP contribution in [0.15, 0.2) is 12.4 Å². The van der Waals surface area contributed by atoms with Gasteiger partial charge in [-0.05, 0) is 13.3 Å². The molecule has 0 atom stereocenters. The highest BCUT2D eigenvalue weighted by atomic mass is 32.2. The fourth-order valence-corrected chi connectivity index (χ4v) is 3.46. The monoisotopic (exact) mass is 310 g/mol. The number of sulfonamides is 1. The predicted octanol–water partition coefficient (Wildman–Crippen LogP) is -0.0956. The van der Waals surface area contributed by atoms with Crippen LogP contribution >= 0.6 is 0 Å². The second-order valence-electron chi connectivity index (χ2n) is 5.19. The smallest absolute Gasteiger partial charge is 0.211 e. The summed E-state index contributed by atoms with van der Waals surface area (Å²) in [6.45, 7) is 4.26. The molecule has 0 N–H and O–H groups in total. The molecule has 0 radical (unpaired) electrons. The van der Waals surface area contributed by atoms with Gasteiger partial charge in [0.1, 0.15) is 5.82 Å². The highest BCUT2D eigenvalue weighted by Crippen LogP contribution is 2.19. The number of aromatic nitrogens is 4. The van der Waals surface area contributed by atoms with Crippen LogP contribution in [0.1, 0.15) is 12.2 Å². The lowest BCUT2D eigenvalue weighted by Gasteiger charge is -2.21. The first-order valence-corrected chi connectivity index (χ1v) is 8.68. The van der Waals surface area contributed by atoms with Gasteiger partial charge in [0, 0.05) is 38.6 Å². The molecule has 9 heteroatoms. The van der Waals surface area contributed by atoms with Crippen molar-refractivity contribution >= 4 is 21.5 Å². The Hall–Kier alpha value is -1.74. The van der Waals surface area contributed by atoms with E-state index in [-0.39, 0.29) is 0 Å². The fourth-order valence-electron chi connectivity index (χ4n) is 2.59. The van der Waals surface area contributed by atoms with Crippen LogP contribution in [-0.2, 0) is 10.0 Å². The molecule has 1 saturated heterocycles. The minimum absolute atomic E-state index is 0.467. The molecule has 0 unspecified atom stereocenters. The van der Waals surface area contributed by atoms with Crippen LogP contribution in [0.3, 0.4) is 0 Å². The topological polar surface area (TPSA) is 83.7 Å². The summed E-state index contributed by atoms with van der Waals surface area (Å²) in [7, 11) is -3.14. The van der Waals surface area contributed by atoms with Crippen molar-refractivity contribution in [2.75, 3.05) is 37.3 Å². The summed E-state index contributed by atoms with van der Waals surface area (Å²) >= 11 is 0. The van der Waals surface area contributed by atoms with Crippen LogP contribution in [-0.4, -0.2) is 64.7 Å². The van der Waals surface area contributed by atoms with Crippen molar-refractivity contribution in [2.45, 2.75) is 13.3 Å². The van der Waals surface area contributed by atoms with Crippen molar-refractivity contribution in [1.29, 1.82) is 0 Å². The van der Waals surface area contributed by atoms with Gasteiger partial charge in [0.05, 0.1) is 6.26 Å². The highest BCUT2D eigenvalue weighted by molar-refractivity contribution is 7.88. The second kappa shape index (κ2) is 5.23. The second-order valence-corrected chi connectivity index (χ2v) is 7.18. The number of hydrogen-bond acceptors (Lipinski definition) is 6. The number of aryl methyl sites for hydroxylation is 1. The van der Waals surface area contributed by atoms with Gasteiger partial charge in [0.25, 0.3) is 0 Å². The van der Waals surface area contributed by atoms with E-state index < -0.39 is 10.0 Å². The van der Waals surface area contributed by atoms with Crippen LogP contribution in [0.2, 0.25) is 0 Å². The molecule has 2 aromatic rings. The van der Waals surface area contributed by atoms with Crippen molar-refractivity contribution in [2.24, 2.45) is 0 Å². The molecule has 0 aromatic carbocycles. The largest absolute Gasteiger partial charge is 0.352 e. The molecule has 8 nitrogen and oxygen atoms in total. The zero-order valence-corrected chi connectivity index (χ0v) is 12.9. The molecule has 21 heavy (non-hydrogen) atoms. The first-order valence-electron chi connectivity index (χ1n) is 6.83. The van der Waals surface area contributed by atoms with Gasteiger partial charge >= 0.3 is 0 Å². The summed E-state index contributed by atoms with van der Waals surface area (Å²) in [5, 5.41) is 8.24. The molecule has 1 fully saturated rings. The zero-order valence-electron chi connectivity index (χ0n) is 12.1. The SMILES string of the molecule is Cc1nnc2c(N3CCCN(S(C)(=O)=O)CC3)nccn12. The Morgan fingerprint density at radius 3 is 2.71 bits per heavy atom. The molecule has 2 aromatic heterocycles. The standard InChI is InChI=1S/C12H18N6O2S/c1-10-14-15-12-11(13-4-7-18(10)12)16-5-3-6-17(9-8-16)21(2,19)20/h4,7H,3,5-6,8-9H2,1-2H3. The van der Waals surface area contributed by atoms with Gasteiger partial charge in [-0.2, -0.15) is 0 Å². The number of fused-ring (bicyclic) bond motifs is 1. The maximum Gasteiger partial charge on any atom is 0.211 e. The van der Waals surface area contributed by atoms with E-state index in [1.165, 1.54) is 10.6 Å². The van der Waals surface area contributed by atoms with Crippen molar-refractivity contribution in [3.63, 3.8) is 0 Å². The minimum Gasteiger partial charge on any atom is -0.352 e.